The van der Waals surface area contributed by atoms with E-state index in [4.69, 9.17) is 0 Å². The summed E-state index contributed by atoms with van der Waals surface area (Å²) in [4.78, 5) is 2.39. The van der Waals surface area contributed by atoms with Gasteiger partial charge in [-0.25, -0.2) is 13.1 Å². The van der Waals surface area contributed by atoms with Gasteiger partial charge in [-0.2, -0.15) is 16.4 Å². The molecule has 0 saturated carbocycles. The van der Waals surface area contributed by atoms with Gasteiger partial charge in [-0.1, -0.05) is 0 Å². The lowest BCUT2D eigenvalue weighted by Gasteiger charge is -2.33. The van der Waals surface area contributed by atoms with Gasteiger partial charge in [0.25, 0.3) is 0 Å². The Hall–Kier alpha value is -1.22. The Morgan fingerprint density at radius 3 is 3.05 bits per heavy atom. The van der Waals surface area contributed by atoms with E-state index in [-0.39, 0.29) is 6.04 Å². The molecule has 2 aromatic heterocycles. The molecule has 3 rings (SSSR count). The third kappa shape index (κ3) is 3.95. The van der Waals surface area contributed by atoms with Crippen LogP contribution in [0.4, 0.5) is 0 Å². The van der Waals surface area contributed by atoms with Crippen LogP contribution in [0.1, 0.15) is 23.7 Å². The molecule has 1 atom stereocenters. The summed E-state index contributed by atoms with van der Waals surface area (Å²) in [5.74, 6) is 0. The number of thiophene rings is 1. The van der Waals surface area contributed by atoms with Crippen LogP contribution in [0.3, 0.4) is 0 Å². The third-order valence-electron chi connectivity index (χ3n) is 3.78. The highest BCUT2D eigenvalue weighted by molar-refractivity contribution is 7.88. The molecule has 0 radical (unpaired) electrons. The van der Waals surface area contributed by atoms with Crippen LogP contribution in [0.25, 0.3) is 0 Å². The summed E-state index contributed by atoms with van der Waals surface area (Å²) >= 11 is 1.71. The SMILES string of the molecule is CS(=O)(=O)NCC[C@H]1CN(Cc2ccsc2)Cc2ccnn21. The molecule has 0 saturated heterocycles. The molecule has 2 aromatic rings. The van der Waals surface area contributed by atoms with Crippen molar-refractivity contribution in [3.8, 4) is 0 Å². The fraction of sp³-hybridized carbons (Fsp3) is 0.500. The minimum absolute atomic E-state index is 0.201. The number of sulfonamides is 1. The first-order valence-corrected chi connectivity index (χ1v) is 10.0. The van der Waals surface area contributed by atoms with Crippen LogP contribution in [0.2, 0.25) is 0 Å². The second-order valence-corrected chi connectivity index (χ2v) is 8.29. The van der Waals surface area contributed by atoms with Crippen LogP contribution in [0.5, 0.6) is 0 Å². The maximum atomic E-state index is 11.2. The molecule has 0 aliphatic carbocycles. The van der Waals surface area contributed by atoms with Crippen molar-refractivity contribution in [3.05, 3.63) is 40.3 Å². The van der Waals surface area contributed by atoms with E-state index >= 15 is 0 Å². The smallest absolute Gasteiger partial charge is 0.208 e. The first-order valence-electron chi connectivity index (χ1n) is 7.22. The highest BCUT2D eigenvalue weighted by Gasteiger charge is 2.25. The zero-order valence-corrected chi connectivity index (χ0v) is 14.1. The Bertz CT molecular complexity index is 709. The third-order valence-corrected chi connectivity index (χ3v) is 5.24. The lowest BCUT2D eigenvalue weighted by atomic mass is 10.1. The molecule has 3 heterocycles. The van der Waals surface area contributed by atoms with Crippen molar-refractivity contribution < 1.29 is 8.42 Å². The van der Waals surface area contributed by atoms with Gasteiger partial charge in [0.05, 0.1) is 18.0 Å². The largest absolute Gasteiger partial charge is 0.291 e. The number of fused-ring (bicyclic) bond motifs is 1. The minimum Gasteiger partial charge on any atom is -0.291 e. The summed E-state index contributed by atoms with van der Waals surface area (Å²) in [7, 11) is -3.14. The summed E-state index contributed by atoms with van der Waals surface area (Å²) in [6.45, 7) is 3.13. The Balaban J connectivity index is 1.66. The predicted molar refractivity (Wildman–Crippen MR) is 87.2 cm³/mol. The van der Waals surface area contributed by atoms with Gasteiger partial charge < -0.3 is 0 Å². The van der Waals surface area contributed by atoms with Crippen LogP contribution >= 0.6 is 11.3 Å². The lowest BCUT2D eigenvalue weighted by Crippen LogP contribution is -2.38. The van der Waals surface area contributed by atoms with Crippen LogP contribution in [0.15, 0.2) is 29.1 Å². The molecule has 1 N–H and O–H groups in total. The van der Waals surface area contributed by atoms with Gasteiger partial charge in [0.15, 0.2) is 0 Å². The maximum Gasteiger partial charge on any atom is 0.208 e. The Kier molecular flexibility index (Phi) is 4.62. The van der Waals surface area contributed by atoms with Gasteiger partial charge in [0.2, 0.25) is 10.0 Å². The minimum atomic E-state index is -3.14. The number of hydrogen-bond acceptors (Lipinski definition) is 5. The predicted octanol–water partition coefficient (Wildman–Crippen LogP) is 1.44. The van der Waals surface area contributed by atoms with Crippen molar-refractivity contribution in [3.63, 3.8) is 0 Å². The van der Waals surface area contributed by atoms with Crippen LogP contribution in [-0.2, 0) is 23.1 Å². The van der Waals surface area contributed by atoms with Crippen LogP contribution in [0, 0.1) is 0 Å². The van der Waals surface area contributed by atoms with Crippen molar-refractivity contribution in [1.29, 1.82) is 0 Å². The molecule has 120 valence electrons. The molecule has 0 unspecified atom stereocenters. The number of nitrogens with one attached hydrogen (secondary N) is 1. The highest BCUT2D eigenvalue weighted by Crippen LogP contribution is 2.24. The molecule has 0 amide bonds. The number of rotatable bonds is 6. The number of hydrogen-bond donors (Lipinski definition) is 1. The fourth-order valence-electron chi connectivity index (χ4n) is 2.85. The topological polar surface area (TPSA) is 67.2 Å². The monoisotopic (exact) mass is 340 g/mol. The number of nitrogens with zero attached hydrogens (tertiary/aromatic N) is 3. The van der Waals surface area contributed by atoms with Gasteiger partial charge in [-0.05, 0) is 34.9 Å². The molecule has 0 aromatic carbocycles. The van der Waals surface area contributed by atoms with Gasteiger partial charge in [-0.3, -0.25) is 9.58 Å². The standard InChI is InChI=1S/C14H20N4O2S2/c1-22(19,20)16-6-3-14-10-17(8-12-4-7-21-11-12)9-13-2-5-15-18(13)14/h2,4-5,7,11,14,16H,3,6,8-10H2,1H3/t14-/m0/s1. The second-order valence-electron chi connectivity index (χ2n) is 5.68. The summed E-state index contributed by atoms with van der Waals surface area (Å²) in [6.07, 6.45) is 3.75. The van der Waals surface area contributed by atoms with Gasteiger partial charge in [-0.15, -0.1) is 0 Å². The summed E-state index contributed by atoms with van der Waals surface area (Å²) in [5.41, 5.74) is 2.51. The first-order chi connectivity index (χ1) is 10.5. The van der Waals surface area contributed by atoms with Gasteiger partial charge in [0, 0.05) is 32.4 Å². The van der Waals surface area contributed by atoms with Crippen molar-refractivity contribution in [2.75, 3.05) is 19.3 Å². The molecular weight excluding hydrogens is 320 g/mol. The van der Waals surface area contributed by atoms with Crippen molar-refractivity contribution in [1.82, 2.24) is 19.4 Å². The average Bonchev–Trinajstić information content (AvgIpc) is 3.08. The van der Waals surface area contributed by atoms with E-state index < -0.39 is 10.0 Å². The molecule has 1 aliphatic heterocycles. The summed E-state index contributed by atoms with van der Waals surface area (Å²) in [5, 5.41) is 8.67. The molecule has 22 heavy (non-hydrogen) atoms. The summed E-state index contributed by atoms with van der Waals surface area (Å²) < 4.78 is 27.0. The highest BCUT2D eigenvalue weighted by atomic mass is 32.2. The van der Waals surface area contributed by atoms with E-state index in [1.807, 2.05) is 16.9 Å². The van der Waals surface area contributed by atoms with Crippen molar-refractivity contribution in [2.45, 2.75) is 25.6 Å². The van der Waals surface area contributed by atoms with E-state index in [0.717, 1.165) is 26.1 Å². The molecular formula is C14H20N4O2S2. The molecule has 0 spiro atoms. The Morgan fingerprint density at radius 1 is 1.45 bits per heavy atom. The molecule has 1 aliphatic rings. The molecule has 0 bridgehead atoms. The molecule has 0 fully saturated rings. The molecule has 8 heteroatoms. The summed E-state index contributed by atoms with van der Waals surface area (Å²) in [6, 6.07) is 4.39. The van der Waals surface area contributed by atoms with Crippen molar-refractivity contribution >= 4 is 21.4 Å². The first kappa shape index (κ1) is 15.7. The van der Waals surface area contributed by atoms with E-state index in [0.29, 0.717) is 6.54 Å². The number of aromatic nitrogens is 2. The zero-order chi connectivity index (χ0) is 15.6. The Labute approximate surface area is 134 Å². The van der Waals surface area contributed by atoms with Gasteiger partial charge >= 0.3 is 0 Å². The maximum absolute atomic E-state index is 11.2. The second kappa shape index (κ2) is 6.49. The quantitative estimate of drug-likeness (QED) is 0.864. The van der Waals surface area contributed by atoms with E-state index in [1.165, 1.54) is 17.5 Å². The van der Waals surface area contributed by atoms with E-state index in [9.17, 15) is 8.42 Å². The normalized spacial score (nSPS) is 19.2. The zero-order valence-electron chi connectivity index (χ0n) is 12.5. The Morgan fingerprint density at radius 2 is 2.32 bits per heavy atom. The van der Waals surface area contributed by atoms with Crippen LogP contribution in [-0.4, -0.2) is 42.4 Å². The van der Waals surface area contributed by atoms with Crippen molar-refractivity contribution in [2.24, 2.45) is 0 Å². The fourth-order valence-corrected chi connectivity index (χ4v) is 4.00. The van der Waals surface area contributed by atoms with E-state index in [1.54, 1.807) is 11.3 Å². The molecule has 6 nitrogen and oxygen atoms in total. The average molecular weight is 340 g/mol. The van der Waals surface area contributed by atoms with Crippen LogP contribution < -0.4 is 4.72 Å². The van der Waals surface area contributed by atoms with E-state index in [2.05, 4.69) is 31.5 Å². The lowest BCUT2D eigenvalue weighted by molar-refractivity contribution is 0.162. The van der Waals surface area contributed by atoms with Gasteiger partial charge in [0.1, 0.15) is 0 Å².